The van der Waals surface area contributed by atoms with Gasteiger partial charge in [0.1, 0.15) is 11.5 Å². The Hall–Kier alpha value is -2.49. The largest absolute Gasteiger partial charge is 0.497 e. The van der Waals surface area contributed by atoms with E-state index in [4.69, 9.17) is 9.47 Å². The zero-order valence-electron chi connectivity index (χ0n) is 14.5. The SMILES string of the molecule is COc1ccc(CCNC(=O)C(C)Cc2ccccc2)c(OC)c1. The monoisotopic (exact) mass is 327 g/mol. The van der Waals surface area contributed by atoms with Crippen molar-refractivity contribution in [1.29, 1.82) is 0 Å². The lowest BCUT2D eigenvalue weighted by Gasteiger charge is -2.14. The summed E-state index contributed by atoms with van der Waals surface area (Å²) in [5.41, 5.74) is 2.23. The number of amides is 1. The Morgan fingerprint density at radius 1 is 1.08 bits per heavy atom. The number of ether oxygens (including phenoxy) is 2. The van der Waals surface area contributed by atoms with E-state index in [0.29, 0.717) is 6.54 Å². The smallest absolute Gasteiger partial charge is 0.223 e. The summed E-state index contributed by atoms with van der Waals surface area (Å²) >= 11 is 0. The third kappa shape index (κ3) is 5.01. The third-order valence-corrected chi connectivity index (χ3v) is 4.02. The van der Waals surface area contributed by atoms with E-state index in [0.717, 1.165) is 29.9 Å². The molecule has 4 nitrogen and oxygen atoms in total. The van der Waals surface area contributed by atoms with Gasteiger partial charge >= 0.3 is 0 Å². The summed E-state index contributed by atoms with van der Waals surface area (Å²) in [6.45, 7) is 2.54. The number of rotatable bonds is 8. The van der Waals surface area contributed by atoms with Crippen LogP contribution >= 0.6 is 0 Å². The fraction of sp³-hybridized carbons (Fsp3) is 0.350. The Kier molecular flexibility index (Phi) is 6.67. The Morgan fingerprint density at radius 3 is 2.50 bits per heavy atom. The van der Waals surface area contributed by atoms with Crippen LogP contribution in [-0.4, -0.2) is 26.7 Å². The molecule has 0 bridgehead atoms. The molecule has 0 saturated heterocycles. The summed E-state index contributed by atoms with van der Waals surface area (Å²) < 4.78 is 10.6. The number of benzene rings is 2. The van der Waals surface area contributed by atoms with E-state index >= 15 is 0 Å². The maximum atomic E-state index is 12.2. The molecular weight excluding hydrogens is 302 g/mol. The second kappa shape index (κ2) is 8.96. The molecule has 0 spiro atoms. The zero-order valence-corrected chi connectivity index (χ0v) is 14.5. The van der Waals surface area contributed by atoms with Gasteiger partial charge < -0.3 is 14.8 Å². The number of hydrogen-bond acceptors (Lipinski definition) is 3. The van der Waals surface area contributed by atoms with Crippen LogP contribution in [-0.2, 0) is 17.6 Å². The van der Waals surface area contributed by atoms with Crippen LogP contribution in [0.15, 0.2) is 48.5 Å². The van der Waals surface area contributed by atoms with Crippen molar-refractivity contribution in [3.63, 3.8) is 0 Å². The first kappa shape index (κ1) is 17.9. The standard InChI is InChI=1S/C20H25NO3/c1-15(13-16-7-5-4-6-8-16)20(22)21-12-11-17-9-10-18(23-2)14-19(17)24-3/h4-10,14-15H,11-13H2,1-3H3,(H,21,22). The molecule has 24 heavy (non-hydrogen) atoms. The lowest BCUT2D eigenvalue weighted by molar-refractivity contribution is -0.124. The van der Waals surface area contributed by atoms with Gasteiger partial charge in [-0.3, -0.25) is 4.79 Å². The van der Waals surface area contributed by atoms with Crippen LogP contribution in [0.5, 0.6) is 11.5 Å². The highest BCUT2D eigenvalue weighted by atomic mass is 16.5. The van der Waals surface area contributed by atoms with Crippen molar-refractivity contribution in [1.82, 2.24) is 5.32 Å². The maximum absolute atomic E-state index is 12.2. The van der Waals surface area contributed by atoms with E-state index in [1.807, 2.05) is 55.5 Å². The van der Waals surface area contributed by atoms with Crippen LogP contribution < -0.4 is 14.8 Å². The Balaban J connectivity index is 1.84. The molecular formula is C20H25NO3. The van der Waals surface area contributed by atoms with Crippen LogP contribution in [0.25, 0.3) is 0 Å². The van der Waals surface area contributed by atoms with Gasteiger partial charge in [-0.2, -0.15) is 0 Å². The van der Waals surface area contributed by atoms with Gasteiger partial charge in [0.2, 0.25) is 5.91 Å². The first-order valence-electron chi connectivity index (χ1n) is 8.16. The maximum Gasteiger partial charge on any atom is 0.223 e. The number of carbonyl (C=O) groups excluding carboxylic acids is 1. The molecule has 128 valence electrons. The van der Waals surface area contributed by atoms with Crippen molar-refractivity contribution < 1.29 is 14.3 Å². The molecule has 1 atom stereocenters. The zero-order chi connectivity index (χ0) is 17.4. The van der Waals surface area contributed by atoms with E-state index in [1.165, 1.54) is 5.56 Å². The molecule has 0 heterocycles. The molecule has 0 fully saturated rings. The molecule has 0 saturated carbocycles. The van der Waals surface area contributed by atoms with Crippen LogP contribution in [0.2, 0.25) is 0 Å². The molecule has 2 rings (SSSR count). The third-order valence-electron chi connectivity index (χ3n) is 4.02. The molecule has 0 aromatic heterocycles. The van der Waals surface area contributed by atoms with Crippen molar-refractivity contribution >= 4 is 5.91 Å². The van der Waals surface area contributed by atoms with Crippen LogP contribution in [0.1, 0.15) is 18.1 Å². The van der Waals surface area contributed by atoms with Crippen LogP contribution in [0.3, 0.4) is 0 Å². The molecule has 2 aromatic rings. The van der Waals surface area contributed by atoms with Gasteiger partial charge in [0, 0.05) is 18.5 Å². The van der Waals surface area contributed by atoms with Crippen molar-refractivity contribution in [2.24, 2.45) is 5.92 Å². The van der Waals surface area contributed by atoms with Crippen LogP contribution in [0, 0.1) is 5.92 Å². The average molecular weight is 327 g/mol. The fourth-order valence-electron chi connectivity index (χ4n) is 2.61. The Bertz CT molecular complexity index is 655. The second-order valence-corrected chi connectivity index (χ2v) is 5.81. The second-order valence-electron chi connectivity index (χ2n) is 5.81. The van der Waals surface area contributed by atoms with Gasteiger partial charge in [0.25, 0.3) is 0 Å². The predicted octanol–water partition coefficient (Wildman–Crippen LogP) is 3.24. The Labute approximate surface area is 143 Å². The molecule has 0 aliphatic heterocycles. The minimum Gasteiger partial charge on any atom is -0.497 e. The van der Waals surface area contributed by atoms with E-state index < -0.39 is 0 Å². The molecule has 0 aliphatic carbocycles. The number of hydrogen-bond donors (Lipinski definition) is 1. The topological polar surface area (TPSA) is 47.6 Å². The summed E-state index contributed by atoms with van der Waals surface area (Å²) in [6, 6.07) is 15.8. The van der Waals surface area contributed by atoms with Gasteiger partial charge in [0.05, 0.1) is 14.2 Å². The highest BCUT2D eigenvalue weighted by Gasteiger charge is 2.13. The first-order chi connectivity index (χ1) is 11.6. The van der Waals surface area contributed by atoms with Crippen molar-refractivity contribution in [3.8, 4) is 11.5 Å². The lowest BCUT2D eigenvalue weighted by Crippen LogP contribution is -2.31. The van der Waals surface area contributed by atoms with Gasteiger partial charge in [-0.1, -0.05) is 43.3 Å². The minimum atomic E-state index is -0.0508. The van der Waals surface area contributed by atoms with E-state index in [-0.39, 0.29) is 11.8 Å². The Morgan fingerprint density at radius 2 is 1.83 bits per heavy atom. The fourth-order valence-corrected chi connectivity index (χ4v) is 2.61. The number of nitrogens with one attached hydrogen (secondary N) is 1. The molecule has 0 radical (unpaired) electrons. The summed E-state index contributed by atoms with van der Waals surface area (Å²) in [5, 5.41) is 3.01. The molecule has 1 amide bonds. The summed E-state index contributed by atoms with van der Waals surface area (Å²) in [4.78, 5) is 12.2. The lowest BCUT2D eigenvalue weighted by atomic mass is 10.0. The predicted molar refractivity (Wildman–Crippen MR) is 95.6 cm³/mol. The van der Waals surface area contributed by atoms with Crippen molar-refractivity contribution in [2.75, 3.05) is 20.8 Å². The summed E-state index contributed by atoms with van der Waals surface area (Å²) in [6.07, 6.45) is 1.47. The molecule has 2 aromatic carbocycles. The van der Waals surface area contributed by atoms with Crippen LogP contribution in [0.4, 0.5) is 0 Å². The van der Waals surface area contributed by atoms with Crippen molar-refractivity contribution in [2.45, 2.75) is 19.8 Å². The highest BCUT2D eigenvalue weighted by molar-refractivity contribution is 5.78. The van der Waals surface area contributed by atoms with Crippen molar-refractivity contribution in [3.05, 3.63) is 59.7 Å². The van der Waals surface area contributed by atoms with Gasteiger partial charge in [-0.15, -0.1) is 0 Å². The van der Waals surface area contributed by atoms with Gasteiger partial charge in [-0.05, 0) is 30.0 Å². The van der Waals surface area contributed by atoms with E-state index in [1.54, 1.807) is 14.2 Å². The minimum absolute atomic E-state index is 0.0508. The van der Waals surface area contributed by atoms with Gasteiger partial charge in [-0.25, -0.2) is 0 Å². The summed E-state index contributed by atoms with van der Waals surface area (Å²) in [5.74, 6) is 1.56. The van der Waals surface area contributed by atoms with E-state index in [9.17, 15) is 4.79 Å². The first-order valence-corrected chi connectivity index (χ1v) is 8.16. The molecule has 0 aliphatic rings. The normalized spacial score (nSPS) is 11.6. The van der Waals surface area contributed by atoms with Gasteiger partial charge in [0.15, 0.2) is 0 Å². The number of methoxy groups -OCH3 is 2. The molecule has 1 unspecified atom stereocenters. The highest BCUT2D eigenvalue weighted by Crippen LogP contribution is 2.24. The molecule has 4 heteroatoms. The quantitative estimate of drug-likeness (QED) is 0.810. The average Bonchev–Trinajstić information content (AvgIpc) is 2.62. The number of carbonyl (C=O) groups is 1. The summed E-state index contributed by atoms with van der Waals surface area (Å²) in [7, 11) is 3.27. The van der Waals surface area contributed by atoms with E-state index in [2.05, 4.69) is 5.32 Å². The molecule has 1 N–H and O–H groups in total.